The summed E-state index contributed by atoms with van der Waals surface area (Å²) in [5.74, 6) is 1.89. The zero-order valence-corrected chi connectivity index (χ0v) is 19.6. The number of hydrogen-bond acceptors (Lipinski definition) is 8. The van der Waals surface area contributed by atoms with Crippen LogP contribution in [0.2, 0.25) is 0 Å². The first kappa shape index (κ1) is 23.2. The lowest BCUT2D eigenvalue weighted by Crippen LogP contribution is -2.14. The maximum Gasteiger partial charge on any atom is 0.130 e. The predicted octanol–water partition coefficient (Wildman–Crippen LogP) is 4.45. The quantitative estimate of drug-likeness (QED) is 0.208. The Morgan fingerprint density at radius 3 is 2.74 bits per heavy atom. The highest BCUT2D eigenvalue weighted by Gasteiger charge is 2.21. The minimum absolute atomic E-state index is 0.578. The lowest BCUT2D eigenvalue weighted by molar-refractivity contribution is 0.160. The highest BCUT2D eigenvalue weighted by molar-refractivity contribution is 7.98. The zero-order chi connectivity index (χ0) is 21.9. The summed E-state index contributed by atoms with van der Waals surface area (Å²) in [6.07, 6.45) is 7.00. The topological polar surface area (TPSA) is 53.4 Å². The molecule has 0 N–H and O–H groups in total. The van der Waals surface area contributed by atoms with Gasteiger partial charge in [0.15, 0.2) is 0 Å². The van der Waals surface area contributed by atoms with Gasteiger partial charge in [-0.2, -0.15) is 0 Å². The molecule has 3 rings (SSSR count). The lowest BCUT2D eigenvalue weighted by atomic mass is 10.2. The van der Waals surface area contributed by atoms with Crippen molar-refractivity contribution >= 4 is 29.9 Å². The summed E-state index contributed by atoms with van der Waals surface area (Å²) in [7, 11) is 4.04. The van der Waals surface area contributed by atoms with Crippen molar-refractivity contribution < 1.29 is 9.57 Å². The van der Waals surface area contributed by atoms with Crippen molar-refractivity contribution in [1.29, 1.82) is 0 Å². The third-order valence-corrected chi connectivity index (χ3v) is 6.03. The number of ether oxygens (including phenoxy) is 1. The van der Waals surface area contributed by atoms with E-state index >= 15 is 0 Å². The Balaban J connectivity index is 1.29. The molecule has 0 amide bonds. The van der Waals surface area contributed by atoms with Gasteiger partial charge < -0.3 is 18.8 Å². The standard InChI is InChI=1S/C23H33N5O2S/c1-4-30-25-19-20-8-10-22(11-9-20)29-17-7-5-6-14-27-15-16-28(31-27)21-12-13-24-23(18-21)26(2)3/h8-13,18-19H,4-7,14-17H2,1-3H3/b25-19+. The normalized spacial score (nSPS) is 14.4. The van der Waals surface area contributed by atoms with E-state index in [1.807, 2.05) is 68.5 Å². The fourth-order valence-corrected chi connectivity index (χ4v) is 4.16. The molecule has 31 heavy (non-hydrogen) atoms. The minimum Gasteiger partial charge on any atom is -0.494 e. The van der Waals surface area contributed by atoms with Gasteiger partial charge in [0.25, 0.3) is 0 Å². The van der Waals surface area contributed by atoms with Crippen molar-refractivity contribution in [1.82, 2.24) is 9.29 Å². The summed E-state index contributed by atoms with van der Waals surface area (Å²) in [6.45, 7) is 6.46. The molecule has 1 saturated heterocycles. The largest absolute Gasteiger partial charge is 0.494 e. The molecule has 1 aliphatic heterocycles. The van der Waals surface area contributed by atoms with Crippen LogP contribution in [0.5, 0.6) is 5.75 Å². The van der Waals surface area contributed by atoms with Crippen LogP contribution in [0.4, 0.5) is 11.5 Å². The van der Waals surface area contributed by atoms with E-state index in [-0.39, 0.29) is 0 Å². The van der Waals surface area contributed by atoms with E-state index in [2.05, 4.69) is 30.9 Å². The molecule has 0 atom stereocenters. The third kappa shape index (κ3) is 7.63. The zero-order valence-electron chi connectivity index (χ0n) is 18.7. The monoisotopic (exact) mass is 443 g/mol. The number of anilines is 2. The number of nitrogens with zero attached hydrogens (tertiary/aromatic N) is 5. The van der Waals surface area contributed by atoms with Crippen molar-refractivity contribution in [3.05, 3.63) is 48.2 Å². The first-order valence-corrected chi connectivity index (χ1v) is 11.6. The van der Waals surface area contributed by atoms with Gasteiger partial charge in [-0.3, -0.25) is 0 Å². The van der Waals surface area contributed by atoms with Crippen LogP contribution < -0.4 is 13.9 Å². The van der Waals surface area contributed by atoms with E-state index in [0.717, 1.165) is 56.2 Å². The smallest absolute Gasteiger partial charge is 0.130 e. The van der Waals surface area contributed by atoms with Gasteiger partial charge in [0.1, 0.15) is 18.2 Å². The minimum atomic E-state index is 0.578. The molecular weight excluding hydrogens is 410 g/mol. The summed E-state index contributed by atoms with van der Waals surface area (Å²) >= 11 is 1.82. The van der Waals surface area contributed by atoms with Gasteiger partial charge in [-0.15, -0.1) is 0 Å². The summed E-state index contributed by atoms with van der Waals surface area (Å²) in [5.41, 5.74) is 2.22. The van der Waals surface area contributed by atoms with Crippen molar-refractivity contribution in [3.63, 3.8) is 0 Å². The second-order valence-corrected chi connectivity index (χ2v) is 8.63. The van der Waals surface area contributed by atoms with Gasteiger partial charge in [0.05, 0.1) is 18.5 Å². The Kier molecular flexibility index (Phi) is 9.30. The molecule has 0 saturated carbocycles. The van der Waals surface area contributed by atoms with Gasteiger partial charge in [0, 0.05) is 58.1 Å². The van der Waals surface area contributed by atoms with Crippen molar-refractivity contribution in [2.75, 3.05) is 56.1 Å². The van der Waals surface area contributed by atoms with Crippen LogP contribution in [0.3, 0.4) is 0 Å². The Hall–Kier alpha value is -2.45. The second kappa shape index (κ2) is 12.4. The maximum absolute atomic E-state index is 5.85. The molecule has 0 radical (unpaired) electrons. The van der Waals surface area contributed by atoms with Crippen molar-refractivity contribution in [2.24, 2.45) is 5.16 Å². The van der Waals surface area contributed by atoms with Gasteiger partial charge in [0.2, 0.25) is 0 Å². The SMILES string of the molecule is CCO/N=C/c1ccc(OCCCCCN2CCN(c3ccnc(N(C)C)c3)S2)cc1. The summed E-state index contributed by atoms with van der Waals surface area (Å²) in [4.78, 5) is 11.4. The average molecular weight is 444 g/mol. The number of aromatic nitrogens is 1. The molecule has 8 heteroatoms. The molecule has 2 aromatic rings. The Bertz CT molecular complexity index is 816. The van der Waals surface area contributed by atoms with E-state index in [9.17, 15) is 0 Å². The predicted molar refractivity (Wildman–Crippen MR) is 130 cm³/mol. The van der Waals surface area contributed by atoms with Crippen molar-refractivity contribution in [2.45, 2.75) is 26.2 Å². The highest BCUT2D eigenvalue weighted by Crippen LogP contribution is 2.31. The number of pyridine rings is 1. The lowest BCUT2D eigenvalue weighted by Gasteiger charge is -2.19. The van der Waals surface area contributed by atoms with Crippen LogP contribution in [-0.4, -0.2) is 62.4 Å². The van der Waals surface area contributed by atoms with E-state index < -0.39 is 0 Å². The summed E-state index contributed by atoms with van der Waals surface area (Å²) in [5, 5.41) is 3.87. The molecule has 2 heterocycles. The number of oxime groups is 1. The fourth-order valence-electron chi connectivity index (χ4n) is 3.14. The molecule has 0 spiro atoms. The molecule has 1 aromatic carbocycles. The third-order valence-electron chi connectivity index (χ3n) is 4.85. The summed E-state index contributed by atoms with van der Waals surface area (Å²) in [6, 6.07) is 12.1. The van der Waals surface area contributed by atoms with E-state index in [1.54, 1.807) is 6.21 Å². The Labute approximate surface area is 190 Å². The van der Waals surface area contributed by atoms with Crippen LogP contribution in [0.1, 0.15) is 31.7 Å². The van der Waals surface area contributed by atoms with Gasteiger partial charge >= 0.3 is 0 Å². The van der Waals surface area contributed by atoms with Crippen LogP contribution in [0.25, 0.3) is 0 Å². The van der Waals surface area contributed by atoms with E-state index in [0.29, 0.717) is 6.61 Å². The first-order valence-electron chi connectivity index (χ1n) is 10.9. The number of hydrogen-bond donors (Lipinski definition) is 0. The number of unbranched alkanes of at least 4 members (excludes halogenated alkanes) is 2. The summed E-state index contributed by atoms with van der Waals surface area (Å²) < 4.78 is 10.6. The number of benzene rings is 1. The maximum atomic E-state index is 5.85. The second-order valence-electron chi connectivity index (χ2n) is 7.51. The average Bonchev–Trinajstić information content (AvgIpc) is 3.26. The van der Waals surface area contributed by atoms with Gasteiger partial charge in [-0.05, 0) is 62.1 Å². The van der Waals surface area contributed by atoms with Crippen molar-refractivity contribution in [3.8, 4) is 5.75 Å². The Morgan fingerprint density at radius 2 is 1.97 bits per heavy atom. The number of rotatable bonds is 12. The molecule has 1 aliphatic rings. The van der Waals surface area contributed by atoms with Crippen LogP contribution in [0, 0.1) is 0 Å². The molecule has 0 unspecified atom stereocenters. The fraction of sp³-hybridized carbons (Fsp3) is 0.478. The molecule has 1 fully saturated rings. The molecule has 168 valence electrons. The molecule has 0 bridgehead atoms. The Morgan fingerprint density at radius 1 is 1.13 bits per heavy atom. The highest BCUT2D eigenvalue weighted by atomic mass is 32.2. The van der Waals surface area contributed by atoms with Crippen LogP contribution in [0.15, 0.2) is 47.8 Å². The molecule has 0 aliphatic carbocycles. The van der Waals surface area contributed by atoms with E-state index in [4.69, 9.17) is 9.57 Å². The van der Waals surface area contributed by atoms with Gasteiger partial charge in [-0.1, -0.05) is 5.16 Å². The van der Waals surface area contributed by atoms with E-state index in [1.165, 1.54) is 12.1 Å². The molecule has 1 aromatic heterocycles. The van der Waals surface area contributed by atoms with Crippen LogP contribution in [-0.2, 0) is 4.84 Å². The van der Waals surface area contributed by atoms with Gasteiger partial charge in [-0.25, -0.2) is 9.29 Å². The van der Waals surface area contributed by atoms with Crippen LogP contribution >= 0.6 is 12.1 Å². The molecule has 7 nitrogen and oxygen atoms in total. The first-order chi connectivity index (χ1) is 15.2. The molecular formula is C23H33N5O2S.